The molecule has 4 aliphatic heterocycles. The van der Waals surface area contributed by atoms with Crippen molar-refractivity contribution in [1.82, 2.24) is 19.8 Å². The number of rotatable bonds is 6. The zero-order valence-electron chi connectivity index (χ0n) is 16.7. The molecule has 2 atom stereocenters. The highest BCUT2D eigenvalue weighted by molar-refractivity contribution is 5.07. The molecule has 0 N–H and O–H groups in total. The number of likely N-dealkylation sites (tertiary alicyclic amines) is 1. The largest absolute Gasteiger partial charge is 0.371 e. The molecule has 3 saturated heterocycles. The lowest BCUT2D eigenvalue weighted by atomic mass is 9.99. The second-order valence-corrected chi connectivity index (χ2v) is 8.39. The topological polar surface area (TPSA) is 22.2 Å². The second-order valence-electron chi connectivity index (χ2n) is 8.39. The van der Waals surface area contributed by atoms with E-state index in [4.69, 9.17) is 4.74 Å². The van der Waals surface area contributed by atoms with E-state index in [9.17, 15) is 0 Å². The van der Waals surface area contributed by atoms with Gasteiger partial charge in [-0.2, -0.15) is 5.01 Å². The first-order valence-corrected chi connectivity index (χ1v) is 11.2. The Balaban J connectivity index is 1.72. The van der Waals surface area contributed by atoms with Crippen molar-refractivity contribution >= 4 is 0 Å². The normalized spacial score (nSPS) is 34.8. The molecule has 0 saturated carbocycles. The minimum Gasteiger partial charge on any atom is -0.371 e. The van der Waals surface area contributed by atoms with Gasteiger partial charge in [-0.05, 0) is 44.7 Å². The minimum atomic E-state index is -0.103. The molecule has 0 amide bonds. The molecule has 0 bridgehead atoms. The third-order valence-electron chi connectivity index (χ3n) is 6.74. The quantitative estimate of drug-likeness (QED) is 0.721. The number of hydrogen-bond donors (Lipinski definition) is 0. The average Bonchev–Trinajstić information content (AvgIpc) is 3.41. The fourth-order valence-electron chi connectivity index (χ4n) is 5.55. The van der Waals surface area contributed by atoms with Crippen LogP contribution in [0, 0.1) is 0 Å². The second kappa shape index (κ2) is 8.59. The Bertz CT molecular complexity index is 473. The van der Waals surface area contributed by atoms with Crippen molar-refractivity contribution in [3.63, 3.8) is 0 Å². The van der Waals surface area contributed by atoms with Gasteiger partial charge in [0.05, 0.1) is 6.61 Å². The molecule has 4 aliphatic rings. The predicted octanol–water partition coefficient (Wildman–Crippen LogP) is 3.25. The summed E-state index contributed by atoms with van der Waals surface area (Å²) < 4.78 is 6.56. The van der Waals surface area contributed by atoms with Crippen LogP contribution in [0.2, 0.25) is 0 Å². The van der Waals surface area contributed by atoms with E-state index >= 15 is 0 Å². The highest BCUT2D eigenvalue weighted by Gasteiger charge is 2.57. The van der Waals surface area contributed by atoms with Crippen LogP contribution >= 0.6 is 0 Å². The van der Waals surface area contributed by atoms with Gasteiger partial charge in [0.1, 0.15) is 6.10 Å². The molecule has 5 heteroatoms. The number of hydrogen-bond acceptors (Lipinski definition) is 5. The summed E-state index contributed by atoms with van der Waals surface area (Å²) in [5, 5.41) is 5.45. The van der Waals surface area contributed by atoms with E-state index in [1.54, 1.807) is 0 Å². The van der Waals surface area contributed by atoms with Crippen molar-refractivity contribution in [2.45, 2.75) is 76.6 Å². The van der Waals surface area contributed by atoms with Crippen LogP contribution in [-0.4, -0.2) is 77.6 Å². The monoisotopic (exact) mass is 362 g/mol. The summed E-state index contributed by atoms with van der Waals surface area (Å²) in [4.78, 5) is 5.42. The van der Waals surface area contributed by atoms with Gasteiger partial charge in [0.2, 0.25) is 0 Å². The summed E-state index contributed by atoms with van der Waals surface area (Å²) >= 11 is 0. The number of unbranched alkanes of at least 4 members (excludes halogenated alkanes) is 1. The number of ether oxygens (including phenoxy) is 1. The van der Waals surface area contributed by atoms with Crippen LogP contribution in [0.1, 0.15) is 64.7 Å². The summed E-state index contributed by atoms with van der Waals surface area (Å²) in [6.07, 6.45) is 16.6. The van der Waals surface area contributed by atoms with E-state index in [-0.39, 0.29) is 11.9 Å². The number of nitrogens with zero attached hydrogens (tertiary/aromatic N) is 4. The van der Waals surface area contributed by atoms with Crippen molar-refractivity contribution < 1.29 is 4.74 Å². The maximum atomic E-state index is 6.56. The molecule has 0 spiro atoms. The van der Waals surface area contributed by atoms with E-state index in [1.807, 2.05) is 0 Å². The molecule has 4 rings (SSSR count). The fourth-order valence-corrected chi connectivity index (χ4v) is 5.55. The fraction of sp³-hybridized carbons (Fsp3) is 0.905. The van der Waals surface area contributed by atoms with Gasteiger partial charge in [0.25, 0.3) is 0 Å². The van der Waals surface area contributed by atoms with Crippen LogP contribution in [0.15, 0.2) is 12.3 Å². The van der Waals surface area contributed by atoms with Gasteiger partial charge in [-0.3, -0.25) is 4.90 Å². The van der Waals surface area contributed by atoms with Crippen molar-refractivity contribution in [2.24, 2.45) is 0 Å². The Labute approximate surface area is 159 Å². The standard InChI is InChI=1S/C21H38N4O/c1-2-3-11-20-21(22-12-7-8-13-22,23-14-9-10-15-23)25(18-19-26-20)24-16-5-4-6-17-24/h7,12,20H,2-6,8-11,13-19H2,1H3. The third-order valence-corrected chi connectivity index (χ3v) is 6.74. The average molecular weight is 363 g/mol. The molecular formula is C21H38N4O. The number of morpholine rings is 1. The molecule has 3 fully saturated rings. The van der Waals surface area contributed by atoms with Crippen LogP contribution in [-0.2, 0) is 4.74 Å². The summed E-state index contributed by atoms with van der Waals surface area (Å²) in [6.45, 7) is 10.2. The summed E-state index contributed by atoms with van der Waals surface area (Å²) in [5.74, 6) is -0.103. The molecule has 148 valence electrons. The van der Waals surface area contributed by atoms with Crippen LogP contribution in [0.3, 0.4) is 0 Å². The maximum absolute atomic E-state index is 6.56. The molecule has 0 aliphatic carbocycles. The van der Waals surface area contributed by atoms with Gasteiger partial charge in [-0.25, -0.2) is 5.01 Å². The maximum Gasteiger partial charge on any atom is 0.191 e. The first-order chi connectivity index (χ1) is 12.9. The Kier molecular flexibility index (Phi) is 6.19. The van der Waals surface area contributed by atoms with E-state index < -0.39 is 0 Å². The van der Waals surface area contributed by atoms with Crippen molar-refractivity contribution in [1.29, 1.82) is 0 Å². The molecule has 0 aromatic rings. The van der Waals surface area contributed by atoms with Gasteiger partial charge in [0.15, 0.2) is 5.79 Å². The zero-order chi connectivity index (χ0) is 17.8. The van der Waals surface area contributed by atoms with E-state index in [1.165, 1.54) is 84.0 Å². The lowest BCUT2D eigenvalue weighted by Gasteiger charge is -2.62. The highest BCUT2D eigenvalue weighted by atomic mass is 16.5. The van der Waals surface area contributed by atoms with Gasteiger partial charge in [0, 0.05) is 39.3 Å². The van der Waals surface area contributed by atoms with E-state index in [0.717, 1.165) is 19.7 Å². The SMILES string of the molecule is CCCCC1OCCN(N2CCCCC2)C1(N1C=CCC1)N1CCCC1. The van der Waals surface area contributed by atoms with Gasteiger partial charge >= 0.3 is 0 Å². The molecule has 0 radical (unpaired) electrons. The summed E-state index contributed by atoms with van der Waals surface area (Å²) in [6, 6.07) is 0. The third kappa shape index (κ3) is 3.32. The molecule has 4 heterocycles. The Morgan fingerprint density at radius 3 is 2.42 bits per heavy atom. The molecule has 0 aromatic heterocycles. The van der Waals surface area contributed by atoms with Crippen molar-refractivity contribution in [3.8, 4) is 0 Å². The van der Waals surface area contributed by atoms with Gasteiger partial charge in [-0.1, -0.05) is 32.3 Å². The van der Waals surface area contributed by atoms with E-state index in [0.29, 0.717) is 0 Å². The smallest absolute Gasteiger partial charge is 0.191 e. The van der Waals surface area contributed by atoms with Crippen molar-refractivity contribution in [3.05, 3.63) is 12.3 Å². The molecule has 26 heavy (non-hydrogen) atoms. The Hall–Kier alpha value is -0.620. The lowest BCUT2D eigenvalue weighted by Crippen LogP contribution is -2.79. The number of hydrazine groups is 1. The first-order valence-electron chi connectivity index (χ1n) is 11.2. The summed E-state index contributed by atoms with van der Waals surface area (Å²) in [5.41, 5.74) is 0. The van der Waals surface area contributed by atoms with E-state index in [2.05, 4.69) is 39.0 Å². The lowest BCUT2D eigenvalue weighted by molar-refractivity contribution is -0.313. The minimum absolute atomic E-state index is 0.103. The first kappa shape index (κ1) is 18.7. The molecule has 5 nitrogen and oxygen atoms in total. The Morgan fingerprint density at radius 1 is 0.962 bits per heavy atom. The van der Waals surface area contributed by atoms with Crippen molar-refractivity contribution in [2.75, 3.05) is 45.9 Å². The predicted molar refractivity (Wildman–Crippen MR) is 105 cm³/mol. The Morgan fingerprint density at radius 2 is 1.73 bits per heavy atom. The number of piperidine rings is 1. The highest BCUT2D eigenvalue weighted by Crippen LogP contribution is 2.41. The van der Waals surface area contributed by atoms with Gasteiger partial charge < -0.3 is 9.64 Å². The molecular weight excluding hydrogens is 324 g/mol. The molecule has 2 unspecified atom stereocenters. The van der Waals surface area contributed by atoms with Crippen LogP contribution in [0.5, 0.6) is 0 Å². The molecule has 0 aromatic carbocycles. The van der Waals surface area contributed by atoms with Crippen LogP contribution < -0.4 is 0 Å². The van der Waals surface area contributed by atoms with Gasteiger partial charge in [-0.15, -0.1) is 0 Å². The van der Waals surface area contributed by atoms with Crippen LogP contribution in [0.4, 0.5) is 0 Å². The summed E-state index contributed by atoms with van der Waals surface area (Å²) in [7, 11) is 0. The zero-order valence-corrected chi connectivity index (χ0v) is 16.7. The van der Waals surface area contributed by atoms with Crippen LogP contribution in [0.25, 0.3) is 0 Å².